The van der Waals surface area contributed by atoms with E-state index in [1.165, 1.54) is 16.4 Å². The normalized spacial score (nSPS) is 24.3. The summed E-state index contributed by atoms with van der Waals surface area (Å²) in [5, 5.41) is 18.2. The van der Waals surface area contributed by atoms with Crippen LogP contribution in [0.25, 0.3) is 0 Å². The molecule has 102 valence electrons. The molecule has 0 saturated carbocycles. The molecule has 2 rings (SSSR count). The first-order chi connectivity index (χ1) is 9.00. The SMILES string of the molecule is CC1CCN(S(=O)(=O)c2cccc(C#N)c2)C1CO. The van der Waals surface area contributed by atoms with Crippen molar-refractivity contribution in [1.82, 2.24) is 4.31 Å². The monoisotopic (exact) mass is 280 g/mol. The summed E-state index contributed by atoms with van der Waals surface area (Å²) in [7, 11) is -3.64. The third kappa shape index (κ3) is 2.50. The van der Waals surface area contributed by atoms with Gasteiger partial charge in [0.05, 0.1) is 29.2 Å². The molecule has 1 heterocycles. The van der Waals surface area contributed by atoms with E-state index < -0.39 is 10.0 Å². The van der Waals surface area contributed by atoms with Gasteiger partial charge in [-0.2, -0.15) is 9.57 Å². The van der Waals surface area contributed by atoms with Crippen molar-refractivity contribution in [2.75, 3.05) is 13.2 Å². The second-order valence-electron chi connectivity index (χ2n) is 4.77. The largest absolute Gasteiger partial charge is 0.395 e. The molecule has 6 heteroatoms. The lowest BCUT2D eigenvalue weighted by Gasteiger charge is -2.24. The number of sulfonamides is 1. The molecule has 1 aromatic rings. The Balaban J connectivity index is 2.40. The Labute approximate surface area is 113 Å². The van der Waals surface area contributed by atoms with Crippen LogP contribution in [-0.4, -0.2) is 37.0 Å². The molecule has 1 aromatic carbocycles. The predicted molar refractivity (Wildman–Crippen MR) is 69.7 cm³/mol. The summed E-state index contributed by atoms with van der Waals surface area (Å²) in [4.78, 5) is 0.110. The van der Waals surface area contributed by atoms with Gasteiger partial charge in [0.25, 0.3) is 0 Å². The number of benzene rings is 1. The Morgan fingerprint density at radius 1 is 1.53 bits per heavy atom. The third-order valence-electron chi connectivity index (χ3n) is 3.59. The topological polar surface area (TPSA) is 81.4 Å². The average Bonchev–Trinajstić information content (AvgIpc) is 2.80. The van der Waals surface area contributed by atoms with E-state index in [0.29, 0.717) is 12.1 Å². The molecule has 0 radical (unpaired) electrons. The van der Waals surface area contributed by atoms with Crippen LogP contribution in [0.15, 0.2) is 29.2 Å². The Morgan fingerprint density at radius 3 is 2.89 bits per heavy atom. The lowest BCUT2D eigenvalue weighted by molar-refractivity contribution is 0.191. The van der Waals surface area contributed by atoms with Crippen LogP contribution in [0.5, 0.6) is 0 Å². The molecule has 0 bridgehead atoms. The predicted octanol–water partition coefficient (Wildman–Crippen LogP) is 0.950. The zero-order valence-electron chi connectivity index (χ0n) is 10.7. The molecule has 19 heavy (non-hydrogen) atoms. The van der Waals surface area contributed by atoms with Gasteiger partial charge in [-0.25, -0.2) is 8.42 Å². The van der Waals surface area contributed by atoms with Gasteiger partial charge < -0.3 is 5.11 Å². The number of rotatable bonds is 3. The van der Waals surface area contributed by atoms with Gasteiger partial charge in [-0.3, -0.25) is 0 Å². The van der Waals surface area contributed by atoms with Crippen LogP contribution in [-0.2, 0) is 10.0 Å². The molecule has 1 aliphatic heterocycles. The molecule has 5 nitrogen and oxygen atoms in total. The van der Waals surface area contributed by atoms with Crippen molar-refractivity contribution in [3.8, 4) is 6.07 Å². The van der Waals surface area contributed by atoms with Crippen LogP contribution in [0.1, 0.15) is 18.9 Å². The zero-order chi connectivity index (χ0) is 14.0. The van der Waals surface area contributed by atoms with Gasteiger partial charge in [0, 0.05) is 6.54 Å². The van der Waals surface area contributed by atoms with Crippen molar-refractivity contribution >= 4 is 10.0 Å². The molecule has 1 fully saturated rings. The molecule has 0 aromatic heterocycles. The number of nitrogens with zero attached hydrogens (tertiary/aromatic N) is 2. The van der Waals surface area contributed by atoms with Gasteiger partial charge in [0.1, 0.15) is 0 Å². The minimum atomic E-state index is -3.64. The molecule has 2 unspecified atom stereocenters. The van der Waals surface area contributed by atoms with Crippen LogP contribution in [0, 0.1) is 17.2 Å². The van der Waals surface area contributed by atoms with Gasteiger partial charge in [-0.05, 0) is 30.5 Å². The Kier molecular flexibility index (Phi) is 3.90. The smallest absolute Gasteiger partial charge is 0.243 e. The number of hydrogen-bond donors (Lipinski definition) is 1. The molecule has 1 N–H and O–H groups in total. The van der Waals surface area contributed by atoms with Crippen LogP contribution in [0.2, 0.25) is 0 Å². The summed E-state index contributed by atoms with van der Waals surface area (Å²) >= 11 is 0. The van der Waals surface area contributed by atoms with Gasteiger partial charge in [-0.15, -0.1) is 0 Å². The van der Waals surface area contributed by atoms with Crippen molar-refractivity contribution in [1.29, 1.82) is 5.26 Å². The first kappa shape index (κ1) is 14.0. The van der Waals surface area contributed by atoms with Crippen molar-refractivity contribution in [2.24, 2.45) is 5.92 Å². The Hall–Kier alpha value is -1.42. The maximum absolute atomic E-state index is 12.5. The lowest BCUT2D eigenvalue weighted by atomic mass is 10.0. The maximum Gasteiger partial charge on any atom is 0.243 e. The van der Waals surface area contributed by atoms with Crippen molar-refractivity contribution in [3.63, 3.8) is 0 Å². The summed E-state index contributed by atoms with van der Waals surface area (Å²) in [6, 6.07) is 7.52. The first-order valence-electron chi connectivity index (χ1n) is 6.13. The maximum atomic E-state index is 12.5. The van der Waals surface area contributed by atoms with Crippen molar-refractivity contribution in [3.05, 3.63) is 29.8 Å². The first-order valence-corrected chi connectivity index (χ1v) is 7.57. The second-order valence-corrected chi connectivity index (χ2v) is 6.66. The van der Waals surface area contributed by atoms with E-state index >= 15 is 0 Å². The molecule has 0 spiro atoms. The van der Waals surface area contributed by atoms with E-state index in [9.17, 15) is 13.5 Å². The summed E-state index contributed by atoms with van der Waals surface area (Å²) < 4.78 is 26.4. The highest BCUT2D eigenvalue weighted by molar-refractivity contribution is 7.89. The molecule has 1 aliphatic rings. The quantitative estimate of drug-likeness (QED) is 0.893. The number of hydrogen-bond acceptors (Lipinski definition) is 4. The van der Waals surface area contributed by atoms with E-state index in [1.807, 2.05) is 13.0 Å². The van der Waals surface area contributed by atoms with E-state index in [0.717, 1.165) is 6.42 Å². The van der Waals surface area contributed by atoms with E-state index in [1.54, 1.807) is 12.1 Å². The molecular weight excluding hydrogens is 264 g/mol. The van der Waals surface area contributed by atoms with Crippen LogP contribution in [0.3, 0.4) is 0 Å². The molecule has 1 saturated heterocycles. The van der Waals surface area contributed by atoms with Crippen LogP contribution < -0.4 is 0 Å². The molecular formula is C13H16N2O3S. The summed E-state index contributed by atoms with van der Waals surface area (Å²) in [6.45, 7) is 2.16. The molecule has 2 atom stereocenters. The highest BCUT2D eigenvalue weighted by Crippen LogP contribution is 2.29. The molecule has 0 amide bonds. The second kappa shape index (κ2) is 5.29. The van der Waals surface area contributed by atoms with Crippen molar-refractivity contribution in [2.45, 2.75) is 24.3 Å². The number of nitriles is 1. The minimum absolute atomic E-state index is 0.110. The molecule has 0 aliphatic carbocycles. The highest BCUT2D eigenvalue weighted by Gasteiger charge is 2.39. The minimum Gasteiger partial charge on any atom is -0.395 e. The highest BCUT2D eigenvalue weighted by atomic mass is 32.2. The number of aliphatic hydroxyl groups is 1. The van der Waals surface area contributed by atoms with Gasteiger partial charge in [0.2, 0.25) is 10.0 Å². The van der Waals surface area contributed by atoms with Gasteiger partial charge in [0.15, 0.2) is 0 Å². The van der Waals surface area contributed by atoms with Crippen molar-refractivity contribution < 1.29 is 13.5 Å². The van der Waals surface area contributed by atoms with E-state index in [4.69, 9.17) is 5.26 Å². The lowest BCUT2D eigenvalue weighted by Crippen LogP contribution is -2.39. The summed E-state index contributed by atoms with van der Waals surface area (Å²) in [5.74, 6) is 0.138. The van der Waals surface area contributed by atoms with Crippen LogP contribution >= 0.6 is 0 Å². The van der Waals surface area contributed by atoms with Gasteiger partial charge >= 0.3 is 0 Å². The number of aliphatic hydroxyl groups excluding tert-OH is 1. The average molecular weight is 280 g/mol. The fourth-order valence-electron chi connectivity index (χ4n) is 2.40. The fourth-order valence-corrected chi connectivity index (χ4v) is 4.18. The zero-order valence-corrected chi connectivity index (χ0v) is 11.5. The van der Waals surface area contributed by atoms with Gasteiger partial charge in [-0.1, -0.05) is 13.0 Å². The summed E-state index contributed by atoms with van der Waals surface area (Å²) in [5.41, 5.74) is 0.314. The fraction of sp³-hybridized carbons (Fsp3) is 0.462. The summed E-state index contributed by atoms with van der Waals surface area (Å²) in [6.07, 6.45) is 0.738. The van der Waals surface area contributed by atoms with Crippen LogP contribution in [0.4, 0.5) is 0 Å². The third-order valence-corrected chi connectivity index (χ3v) is 5.51. The van der Waals surface area contributed by atoms with E-state index in [-0.39, 0.29) is 23.5 Å². The Bertz CT molecular complexity index is 607. The standard InChI is InChI=1S/C13H16N2O3S/c1-10-5-6-15(13(10)9-16)19(17,18)12-4-2-3-11(7-12)8-14/h2-4,7,10,13,16H,5-6,9H2,1H3. The Morgan fingerprint density at radius 2 is 2.26 bits per heavy atom. The van der Waals surface area contributed by atoms with E-state index in [2.05, 4.69) is 0 Å².